The number of rotatable bonds is 7. The summed E-state index contributed by atoms with van der Waals surface area (Å²) in [7, 11) is 2.20. The maximum Gasteiger partial charge on any atom is 0.191 e. The number of thiophene rings is 1. The van der Waals surface area contributed by atoms with Crippen molar-refractivity contribution in [2.24, 2.45) is 10.9 Å². The Morgan fingerprint density at radius 2 is 2.17 bits per heavy atom. The van der Waals surface area contributed by atoms with E-state index in [9.17, 15) is 5.11 Å². The molecule has 0 spiro atoms. The predicted molar refractivity (Wildman–Crippen MR) is 103 cm³/mol. The Balaban J connectivity index is 1.80. The van der Waals surface area contributed by atoms with Gasteiger partial charge in [-0.25, -0.2) is 4.99 Å². The summed E-state index contributed by atoms with van der Waals surface area (Å²) in [6.45, 7) is 8.42. The lowest BCUT2D eigenvalue weighted by molar-refractivity contribution is 0.0711. The Labute approximate surface area is 150 Å². The Hall–Kier alpha value is -1.11. The predicted octanol–water partition coefficient (Wildman–Crippen LogP) is 2.24. The van der Waals surface area contributed by atoms with Crippen LogP contribution in [0.15, 0.2) is 22.5 Å². The molecule has 5 nitrogen and oxygen atoms in total. The fourth-order valence-corrected chi connectivity index (χ4v) is 3.76. The van der Waals surface area contributed by atoms with E-state index in [4.69, 9.17) is 0 Å². The number of aliphatic imine (C=N–C) groups is 1. The van der Waals surface area contributed by atoms with Crippen LogP contribution in [-0.2, 0) is 5.60 Å². The Bertz CT molecular complexity index is 493. The van der Waals surface area contributed by atoms with Gasteiger partial charge in [-0.1, -0.05) is 6.07 Å². The summed E-state index contributed by atoms with van der Waals surface area (Å²) < 4.78 is 0. The first-order chi connectivity index (χ1) is 11.5. The van der Waals surface area contributed by atoms with Crippen LogP contribution in [0.25, 0.3) is 0 Å². The van der Waals surface area contributed by atoms with Crippen molar-refractivity contribution in [3.63, 3.8) is 0 Å². The van der Waals surface area contributed by atoms with E-state index in [-0.39, 0.29) is 0 Å². The lowest BCUT2D eigenvalue weighted by Crippen LogP contribution is -2.40. The standard InChI is InChI=1S/C18H32N4OS/c1-4-19-17(20-10-7-15-8-11-22(3)12-9-15)21-14-18(2,23)16-6-5-13-24-16/h5-6,13,15,23H,4,7-12,14H2,1-3H3,(H2,19,20,21). The summed E-state index contributed by atoms with van der Waals surface area (Å²) in [6, 6.07) is 3.92. The van der Waals surface area contributed by atoms with Crippen LogP contribution in [0.4, 0.5) is 0 Å². The molecule has 0 radical (unpaired) electrons. The number of piperidine rings is 1. The molecule has 0 bridgehead atoms. The topological polar surface area (TPSA) is 59.9 Å². The van der Waals surface area contributed by atoms with Gasteiger partial charge in [0.25, 0.3) is 0 Å². The van der Waals surface area contributed by atoms with Crippen LogP contribution >= 0.6 is 11.3 Å². The second-order valence-corrected chi connectivity index (χ2v) is 7.86. The lowest BCUT2D eigenvalue weighted by atomic mass is 9.94. The van der Waals surface area contributed by atoms with E-state index in [0.717, 1.165) is 29.8 Å². The number of aliphatic hydroxyl groups is 1. The summed E-state index contributed by atoms with van der Waals surface area (Å²) in [5.41, 5.74) is -0.912. The monoisotopic (exact) mass is 352 g/mol. The quantitative estimate of drug-likeness (QED) is 0.520. The largest absolute Gasteiger partial charge is 0.383 e. The number of likely N-dealkylation sites (tertiary alicyclic amines) is 1. The van der Waals surface area contributed by atoms with Crippen molar-refractivity contribution < 1.29 is 5.11 Å². The summed E-state index contributed by atoms with van der Waals surface area (Å²) in [5, 5.41) is 19.3. The zero-order valence-electron chi connectivity index (χ0n) is 15.2. The Morgan fingerprint density at radius 3 is 2.79 bits per heavy atom. The minimum Gasteiger partial charge on any atom is -0.383 e. The number of nitrogens with one attached hydrogen (secondary N) is 2. The van der Waals surface area contributed by atoms with Crippen molar-refractivity contribution in [3.8, 4) is 0 Å². The molecule has 0 saturated carbocycles. The maximum atomic E-state index is 10.6. The molecule has 1 saturated heterocycles. The van der Waals surface area contributed by atoms with Crippen LogP contribution in [0.5, 0.6) is 0 Å². The number of guanidine groups is 1. The van der Waals surface area contributed by atoms with Gasteiger partial charge in [0.2, 0.25) is 0 Å². The minimum absolute atomic E-state index is 0.358. The zero-order chi connectivity index (χ0) is 17.4. The van der Waals surface area contributed by atoms with Gasteiger partial charge in [-0.2, -0.15) is 0 Å². The molecule has 136 valence electrons. The van der Waals surface area contributed by atoms with Crippen LogP contribution in [-0.4, -0.2) is 55.7 Å². The van der Waals surface area contributed by atoms with Gasteiger partial charge in [0.15, 0.2) is 5.96 Å². The first-order valence-corrected chi connectivity index (χ1v) is 9.86. The Morgan fingerprint density at radius 1 is 1.42 bits per heavy atom. The highest BCUT2D eigenvalue weighted by Crippen LogP contribution is 2.25. The second-order valence-electron chi connectivity index (χ2n) is 6.91. The highest BCUT2D eigenvalue weighted by molar-refractivity contribution is 7.10. The molecule has 0 amide bonds. The Kier molecular flexibility index (Phi) is 7.52. The van der Waals surface area contributed by atoms with Crippen LogP contribution in [0.3, 0.4) is 0 Å². The van der Waals surface area contributed by atoms with E-state index >= 15 is 0 Å². The van der Waals surface area contributed by atoms with E-state index in [2.05, 4.69) is 34.5 Å². The second kappa shape index (κ2) is 9.39. The number of hydrogen-bond donors (Lipinski definition) is 3. The first-order valence-electron chi connectivity index (χ1n) is 8.98. The van der Waals surface area contributed by atoms with Gasteiger partial charge >= 0.3 is 0 Å². The van der Waals surface area contributed by atoms with E-state index < -0.39 is 5.60 Å². The van der Waals surface area contributed by atoms with E-state index in [1.54, 1.807) is 11.3 Å². The summed E-state index contributed by atoms with van der Waals surface area (Å²) >= 11 is 1.57. The molecule has 1 fully saturated rings. The van der Waals surface area contributed by atoms with Gasteiger partial charge in [0.1, 0.15) is 5.60 Å². The molecule has 1 aliphatic rings. The lowest BCUT2D eigenvalue weighted by Gasteiger charge is -2.29. The van der Waals surface area contributed by atoms with E-state index in [0.29, 0.717) is 6.54 Å². The molecule has 2 rings (SSSR count). The highest BCUT2D eigenvalue weighted by Gasteiger charge is 2.24. The van der Waals surface area contributed by atoms with Gasteiger partial charge in [0.05, 0.1) is 6.54 Å². The molecular weight excluding hydrogens is 320 g/mol. The third-order valence-electron chi connectivity index (χ3n) is 4.62. The fourth-order valence-electron chi connectivity index (χ4n) is 2.98. The van der Waals surface area contributed by atoms with Gasteiger partial charge < -0.3 is 20.6 Å². The minimum atomic E-state index is -0.912. The van der Waals surface area contributed by atoms with Crippen LogP contribution in [0, 0.1) is 5.92 Å². The molecule has 2 heterocycles. The highest BCUT2D eigenvalue weighted by atomic mass is 32.1. The third-order valence-corrected chi connectivity index (χ3v) is 5.75. The average Bonchev–Trinajstić information content (AvgIpc) is 3.10. The average molecular weight is 353 g/mol. The molecule has 6 heteroatoms. The molecule has 24 heavy (non-hydrogen) atoms. The maximum absolute atomic E-state index is 10.6. The molecule has 1 unspecified atom stereocenters. The van der Waals surface area contributed by atoms with Gasteiger partial charge in [-0.05, 0) is 70.6 Å². The van der Waals surface area contributed by atoms with Crippen LogP contribution in [0.1, 0.15) is 38.0 Å². The summed E-state index contributed by atoms with van der Waals surface area (Å²) in [6.07, 6.45) is 3.76. The fraction of sp³-hybridized carbons (Fsp3) is 0.722. The van der Waals surface area contributed by atoms with Gasteiger partial charge in [-0.15, -0.1) is 11.3 Å². The smallest absolute Gasteiger partial charge is 0.191 e. The number of hydrogen-bond acceptors (Lipinski definition) is 4. The number of nitrogens with zero attached hydrogens (tertiary/aromatic N) is 2. The molecule has 1 aromatic heterocycles. The van der Waals surface area contributed by atoms with Crippen molar-refractivity contribution in [2.75, 3.05) is 39.8 Å². The van der Waals surface area contributed by atoms with Crippen molar-refractivity contribution in [1.82, 2.24) is 15.5 Å². The molecule has 3 N–H and O–H groups in total. The molecular formula is C18H32N4OS. The first kappa shape index (κ1) is 19.2. The van der Waals surface area contributed by atoms with E-state index in [1.165, 1.54) is 32.4 Å². The van der Waals surface area contributed by atoms with Crippen LogP contribution in [0.2, 0.25) is 0 Å². The van der Waals surface area contributed by atoms with Crippen LogP contribution < -0.4 is 10.6 Å². The normalized spacial score (nSPS) is 19.9. The zero-order valence-corrected chi connectivity index (χ0v) is 16.0. The summed E-state index contributed by atoms with van der Waals surface area (Å²) in [5.74, 6) is 1.60. The molecule has 0 aliphatic carbocycles. The molecule has 1 atom stereocenters. The third kappa shape index (κ3) is 6.07. The SMILES string of the molecule is CCNC(=NCC(C)(O)c1cccs1)NCCC1CCN(C)CC1. The van der Waals surface area contributed by atoms with Gasteiger partial charge in [-0.3, -0.25) is 0 Å². The van der Waals surface area contributed by atoms with Crippen molar-refractivity contribution in [1.29, 1.82) is 0 Å². The van der Waals surface area contributed by atoms with Crippen molar-refractivity contribution in [2.45, 2.75) is 38.7 Å². The molecule has 0 aromatic carbocycles. The van der Waals surface area contributed by atoms with Crippen molar-refractivity contribution in [3.05, 3.63) is 22.4 Å². The van der Waals surface area contributed by atoms with E-state index in [1.807, 2.05) is 24.4 Å². The van der Waals surface area contributed by atoms with Gasteiger partial charge in [0, 0.05) is 18.0 Å². The summed E-state index contributed by atoms with van der Waals surface area (Å²) in [4.78, 5) is 7.94. The van der Waals surface area contributed by atoms with Crippen molar-refractivity contribution >= 4 is 17.3 Å². The molecule has 1 aliphatic heterocycles. The molecule has 1 aromatic rings.